The van der Waals surface area contributed by atoms with Crippen molar-refractivity contribution >= 4 is 0 Å². The minimum atomic E-state index is -0.472. The van der Waals surface area contributed by atoms with Crippen LogP contribution in [0.4, 0.5) is 0 Å². The largest absolute Gasteiger partial charge is 0.394 e. The van der Waals surface area contributed by atoms with Gasteiger partial charge in [0.15, 0.2) is 0 Å². The molecule has 0 heterocycles. The van der Waals surface area contributed by atoms with Gasteiger partial charge in [0.25, 0.3) is 0 Å². The zero-order valence-corrected chi connectivity index (χ0v) is 17.4. The molecule has 1 aliphatic rings. The van der Waals surface area contributed by atoms with Crippen LogP contribution in [0.1, 0.15) is 67.2 Å². The second-order valence-corrected chi connectivity index (χ2v) is 6.37. The van der Waals surface area contributed by atoms with Crippen molar-refractivity contribution in [1.82, 2.24) is 4.90 Å². The van der Waals surface area contributed by atoms with Crippen LogP contribution in [0.15, 0.2) is 0 Å². The summed E-state index contributed by atoms with van der Waals surface area (Å²) in [7, 11) is 3.87. The number of rotatable bonds is 1. The first kappa shape index (κ1) is 30.4. The van der Waals surface area contributed by atoms with E-state index < -0.39 is 5.72 Å². The van der Waals surface area contributed by atoms with E-state index in [2.05, 4.69) is 0 Å². The van der Waals surface area contributed by atoms with Crippen molar-refractivity contribution in [3.63, 3.8) is 0 Å². The van der Waals surface area contributed by atoms with Crippen LogP contribution in [0.5, 0.6) is 0 Å². The minimum absolute atomic E-state index is 0. The van der Waals surface area contributed by atoms with Gasteiger partial charge in [-0.2, -0.15) is 0 Å². The summed E-state index contributed by atoms with van der Waals surface area (Å²) in [6.07, 6.45) is 3.74. The van der Waals surface area contributed by atoms with E-state index in [0.717, 1.165) is 12.8 Å². The van der Waals surface area contributed by atoms with Crippen LogP contribution in [0.2, 0.25) is 0 Å². The molecule has 0 saturated heterocycles. The molecule has 4 N–H and O–H groups in total. The average Bonchev–Trinajstić information content (AvgIpc) is 2.63. The normalized spacial score (nSPS) is 15.3. The fraction of sp³-hybridized carbons (Fsp3) is 1.00. The van der Waals surface area contributed by atoms with Gasteiger partial charge in [0.1, 0.15) is 5.72 Å². The summed E-state index contributed by atoms with van der Waals surface area (Å²) in [5, 5.41) is 33.9. The first-order chi connectivity index (χ1) is 9.35. The zero-order chi connectivity index (χ0) is 17.6. The van der Waals surface area contributed by atoms with Crippen molar-refractivity contribution in [3.8, 4) is 0 Å². The molecule has 0 aromatic heterocycles. The average molecular weight is 357 g/mol. The number of aliphatic hydroxyl groups is 4. The van der Waals surface area contributed by atoms with Gasteiger partial charge >= 0.3 is 0 Å². The summed E-state index contributed by atoms with van der Waals surface area (Å²) in [6, 6.07) is 0. The second-order valence-electron chi connectivity index (χ2n) is 6.37. The molecule has 0 spiro atoms. The Hall–Kier alpha value is 0.514. The molecule has 0 radical (unpaired) electrons. The van der Waals surface area contributed by atoms with E-state index in [4.69, 9.17) is 15.3 Å². The van der Waals surface area contributed by atoms with Crippen molar-refractivity contribution in [3.05, 3.63) is 0 Å². The topological polar surface area (TPSA) is 84.2 Å². The maximum Gasteiger partial charge on any atom is 0.118 e. The number of aliphatic hydroxyl groups excluding tert-OH is 3. The minimum Gasteiger partial charge on any atom is -0.394 e. The van der Waals surface area contributed by atoms with E-state index in [9.17, 15) is 5.11 Å². The van der Waals surface area contributed by atoms with E-state index in [1.807, 2.05) is 19.0 Å². The first-order valence-electron chi connectivity index (χ1n) is 7.79. The first-order valence-corrected chi connectivity index (χ1v) is 7.79. The number of nitrogens with zero attached hydrogens (tertiary/aromatic N) is 1. The van der Waals surface area contributed by atoms with Gasteiger partial charge in [-0.3, -0.25) is 4.90 Å². The maximum absolute atomic E-state index is 9.69. The summed E-state index contributed by atoms with van der Waals surface area (Å²) >= 11 is 0. The molecule has 0 aromatic carbocycles. The third-order valence-electron chi connectivity index (χ3n) is 2.24. The Balaban J connectivity index is -0.000000107. The van der Waals surface area contributed by atoms with Crippen LogP contribution in [0.3, 0.4) is 0 Å². The smallest absolute Gasteiger partial charge is 0.118 e. The fourth-order valence-electron chi connectivity index (χ4n) is 1.39. The Morgan fingerprint density at radius 2 is 0.909 bits per heavy atom. The molecule has 1 fully saturated rings. The van der Waals surface area contributed by atoms with Crippen LogP contribution in [-0.4, -0.2) is 63.5 Å². The van der Waals surface area contributed by atoms with Gasteiger partial charge in [-0.15, -0.1) is 0 Å². The molecule has 0 unspecified atom stereocenters. The van der Waals surface area contributed by atoms with Crippen molar-refractivity contribution in [2.24, 2.45) is 0 Å². The molecule has 5 nitrogen and oxygen atoms in total. The molecule has 22 heavy (non-hydrogen) atoms. The molecular weight excluding hydrogens is 318 g/mol. The Morgan fingerprint density at radius 1 is 0.727 bits per heavy atom. The monoisotopic (exact) mass is 357 g/mol. The van der Waals surface area contributed by atoms with Crippen molar-refractivity contribution in [2.45, 2.75) is 91.3 Å². The van der Waals surface area contributed by atoms with Crippen molar-refractivity contribution in [2.75, 3.05) is 14.1 Å². The van der Waals surface area contributed by atoms with Gasteiger partial charge in [-0.25, -0.2) is 0 Å². The van der Waals surface area contributed by atoms with E-state index in [0.29, 0.717) is 0 Å². The van der Waals surface area contributed by atoms with Crippen LogP contribution in [-0.2, 0) is 21.7 Å². The molecule has 0 bridgehead atoms. The maximum atomic E-state index is 9.69. The third-order valence-corrected chi connectivity index (χ3v) is 2.24. The van der Waals surface area contributed by atoms with Gasteiger partial charge in [-0.05, 0) is 81.3 Å². The molecule has 0 aromatic rings. The van der Waals surface area contributed by atoms with Crippen LogP contribution >= 0.6 is 0 Å². The molecule has 0 amide bonds. The molecule has 136 valence electrons. The summed E-state index contributed by atoms with van der Waals surface area (Å²) in [6.45, 7) is 10.3. The molecule has 6 heteroatoms. The number of hydrogen-bond acceptors (Lipinski definition) is 5. The third kappa shape index (κ3) is 32.5. The van der Waals surface area contributed by atoms with Gasteiger partial charge in [0.2, 0.25) is 0 Å². The van der Waals surface area contributed by atoms with Gasteiger partial charge in [0.05, 0.1) is 0 Å². The molecule has 0 atom stereocenters. The fourth-order valence-corrected chi connectivity index (χ4v) is 1.39. The zero-order valence-electron chi connectivity index (χ0n) is 15.8. The van der Waals surface area contributed by atoms with Crippen LogP contribution in [0.25, 0.3) is 0 Å². The summed E-state index contributed by atoms with van der Waals surface area (Å²) in [5.74, 6) is 0. The van der Waals surface area contributed by atoms with Crippen molar-refractivity contribution < 1.29 is 42.1 Å². The Morgan fingerprint density at radius 3 is 1.00 bits per heavy atom. The van der Waals surface area contributed by atoms with Gasteiger partial charge < -0.3 is 20.4 Å². The van der Waals surface area contributed by atoms with Crippen LogP contribution in [0, 0.1) is 0 Å². The standard InChI is InChI=1S/C7H15NO.3C3H8O.Ti/c1-8(2)7(9)5-3-4-6-7;3*1-3(2)4;/h9H,3-6H2,1-2H3;3*3-4H,1-2H3;. The summed E-state index contributed by atoms with van der Waals surface area (Å²) in [4.78, 5) is 1.92. The summed E-state index contributed by atoms with van der Waals surface area (Å²) < 4.78 is 0. The Labute approximate surface area is 152 Å². The molecule has 1 saturated carbocycles. The summed E-state index contributed by atoms with van der Waals surface area (Å²) in [5.41, 5.74) is -0.472. The van der Waals surface area contributed by atoms with E-state index in [1.54, 1.807) is 41.5 Å². The molecule has 1 aliphatic carbocycles. The quantitative estimate of drug-likeness (QED) is 0.426. The molecular formula is C16H39NO4Ti. The van der Waals surface area contributed by atoms with Crippen LogP contribution < -0.4 is 0 Å². The molecule has 0 aliphatic heterocycles. The van der Waals surface area contributed by atoms with Gasteiger partial charge in [-0.1, -0.05) is 0 Å². The molecule has 1 rings (SSSR count). The van der Waals surface area contributed by atoms with E-state index in [1.165, 1.54) is 12.8 Å². The van der Waals surface area contributed by atoms with Crippen molar-refractivity contribution in [1.29, 1.82) is 0 Å². The predicted octanol–water partition coefficient (Wildman–Crippen LogP) is 1.97. The van der Waals surface area contributed by atoms with E-state index in [-0.39, 0.29) is 40.0 Å². The van der Waals surface area contributed by atoms with Gasteiger partial charge in [0, 0.05) is 40.0 Å². The number of hydrogen-bond donors (Lipinski definition) is 4. The van der Waals surface area contributed by atoms with E-state index >= 15 is 0 Å². The Bertz CT molecular complexity index is 184. The predicted molar refractivity (Wildman–Crippen MR) is 89.2 cm³/mol. The SMILES string of the molecule is CC(C)O.CC(C)O.CC(C)O.CN(C)C1(O)CCCC1.[Ti]. The Kier molecular flexibility index (Phi) is 24.7. The second kappa shape index (κ2) is 17.9.